The predicted molar refractivity (Wildman–Crippen MR) is 66.2 cm³/mol. The van der Waals surface area contributed by atoms with Crippen LogP contribution in [0.2, 0.25) is 0 Å². The largest absolute Gasteiger partial charge is 0.451 e. The summed E-state index contributed by atoms with van der Waals surface area (Å²) in [5.41, 5.74) is 6.71. The molecular formula is C13H12N2O4. The molecule has 1 heterocycles. The molecule has 0 saturated heterocycles. The predicted octanol–water partition coefficient (Wildman–Crippen LogP) is 1.29. The van der Waals surface area contributed by atoms with Crippen molar-refractivity contribution in [3.8, 4) is 11.3 Å². The zero-order chi connectivity index (χ0) is 13.8. The third-order valence-corrected chi connectivity index (χ3v) is 2.42. The highest BCUT2D eigenvalue weighted by atomic mass is 16.5. The number of nitrogens with zero attached hydrogens (tertiary/aromatic N) is 1. The second kappa shape index (κ2) is 5.34. The molecule has 1 amide bonds. The normalized spacial score (nSPS) is 10.2. The number of esters is 1. The van der Waals surface area contributed by atoms with Crippen LogP contribution >= 0.6 is 0 Å². The van der Waals surface area contributed by atoms with Crippen LogP contribution in [0.25, 0.3) is 11.3 Å². The van der Waals surface area contributed by atoms with Gasteiger partial charge in [0.25, 0.3) is 5.91 Å². The number of primary amides is 1. The van der Waals surface area contributed by atoms with Crippen LogP contribution in [0.1, 0.15) is 16.1 Å². The van der Waals surface area contributed by atoms with E-state index in [2.05, 4.69) is 4.98 Å². The highest BCUT2D eigenvalue weighted by Crippen LogP contribution is 2.23. The molecule has 2 rings (SSSR count). The van der Waals surface area contributed by atoms with Gasteiger partial charge >= 0.3 is 5.97 Å². The monoisotopic (exact) mass is 260 g/mol. The number of hydrogen-bond acceptors (Lipinski definition) is 5. The molecule has 2 N–H and O–H groups in total. The van der Waals surface area contributed by atoms with Crippen molar-refractivity contribution in [1.82, 2.24) is 4.98 Å². The van der Waals surface area contributed by atoms with Crippen molar-refractivity contribution in [2.75, 3.05) is 6.61 Å². The first-order chi connectivity index (χ1) is 9.08. The maximum atomic E-state index is 11.7. The summed E-state index contributed by atoms with van der Waals surface area (Å²) in [6.45, 7) is 1.46. The van der Waals surface area contributed by atoms with Crippen molar-refractivity contribution in [3.05, 3.63) is 41.9 Å². The van der Waals surface area contributed by atoms with Gasteiger partial charge in [0.2, 0.25) is 0 Å². The van der Waals surface area contributed by atoms with Gasteiger partial charge in [-0.25, -0.2) is 9.78 Å². The first-order valence-electron chi connectivity index (χ1n) is 5.54. The summed E-state index contributed by atoms with van der Waals surface area (Å²) in [7, 11) is 0. The number of carbonyl (C=O) groups excluding carboxylic acids is 2. The smallest absolute Gasteiger partial charge is 0.361 e. The van der Waals surface area contributed by atoms with Crippen molar-refractivity contribution < 1.29 is 18.7 Å². The molecule has 0 radical (unpaired) electrons. The van der Waals surface area contributed by atoms with Crippen molar-refractivity contribution >= 4 is 11.9 Å². The van der Waals surface area contributed by atoms with E-state index in [9.17, 15) is 9.59 Å². The van der Waals surface area contributed by atoms with E-state index >= 15 is 0 Å². The van der Waals surface area contributed by atoms with Crippen LogP contribution in [0, 0.1) is 6.92 Å². The fourth-order valence-corrected chi connectivity index (χ4v) is 1.51. The molecule has 6 heteroatoms. The maximum absolute atomic E-state index is 11.7. The topological polar surface area (TPSA) is 95.4 Å². The average Bonchev–Trinajstić information content (AvgIpc) is 2.86. The summed E-state index contributed by atoms with van der Waals surface area (Å²) < 4.78 is 9.89. The molecule has 1 aromatic carbocycles. The number of hydrogen-bond donors (Lipinski definition) is 1. The van der Waals surface area contributed by atoms with Gasteiger partial charge in [-0.3, -0.25) is 4.79 Å². The number of aromatic nitrogens is 1. The number of oxazole rings is 1. The highest BCUT2D eigenvalue weighted by Gasteiger charge is 2.20. The number of amides is 1. The third-order valence-electron chi connectivity index (χ3n) is 2.42. The van der Waals surface area contributed by atoms with Gasteiger partial charge in [0, 0.05) is 5.56 Å². The zero-order valence-corrected chi connectivity index (χ0v) is 10.3. The van der Waals surface area contributed by atoms with E-state index in [0.29, 0.717) is 11.3 Å². The van der Waals surface area contributed by atoms with Crippen LogP contribution < -0.4 is 5.73 Å². The van der Waals surface area contributed by atoms with E-state index in [-0.39, 0.29) is 5.69 Å². The van der Waals surface area contributed by atoms with Gasteiger partial charge in [-0.1, -0.05) is 29.8 Å². The number of nitrogens with two attached hydrogens (primary N) is 1. The Kier molecular flexibility index (Phi) is 3.61. The number of carbonyl (C=O) groups is 2. The minimum Gasteiger partial charge on any atom is -0.451 e. The van der Waals surface area contributed by atoms with Crippen LogP contribution in [-0.4, -0.2) is 23.5 Å². The van der Waals surface area contributed by atoms with Gasteiger partial charge in [-0.15, -0.1) is 0 Å². The zero-order valence-electron chi connectivity index (χ0n) is 10.3. The Bertz CT molecular complexity index is 601. The second-order valence-corrected chi connectivity index (χ2v) is 3.94. The van der Waals surface area contributed by atoms with E-state index in [0.717, 1.165) is 12.0 Å². The molecule has 2 aromatic rings. The summed E-state index contributed by atoms with van der Waals surface area (Å²) in [5.74, 6) is -1.17. The number of rotatable bonds is 4. The summed E-state index contributed by atoms with van der Waals surface area (Å²) >= 11 is 0. The molecule has 0 fully saturated rings. The fourth-order valence-electron chi connectivity index (χ4n) is 1.51. The Balaban J connectivity index is 2.24. The van der Waals surface area contributed by atoms with Crippen molar-refractivity contribution in [3.63, 3.8) is 0 Å². The summed E-state index contributed by atoms with van der Waals surface area (Å²) in [6.07, 6.45) is 1.15. The van der Waals surface area contributed by atoms with Crippen LogP contribution in [0.15, 0.2) is 35.1 Å². The molecule has 0 aliphatic carbocycles. The molecule has 0 aliphatic heterocycles. The minimum absolute atomic E-state index is 0.0186. The lowest BCUT2D eigenvalue weighted by atomic mass is 10.1. The maximum Gasteiger partial charge on any atom is 0.361 e. The number of benzene rings is 1. The lowest BCUT2D eigenvalue weighted by Gasteiger charge is -2.02. The Morgan fingerprint density at radius 1 is 1.32 bits per heavy atom. The lowest BCUT2D eigenvalue weighted by Crippen LogP contribution is -2.21. The average molecular weight is 260 g/mol. The molecule has 0 atom stereocenters. The minimum atomic E-state index is -0.747. The van der Waals surface area contributed by atoms with Gasteiger partial charge in [0.1, 0.15) is 0 Å². The molecule has 98 valence electrons. The number of ether oxygens (including phenoxy) is 1. The van der Waals surface area contributed by atoms with E-state index in [4.69, 9.17) is 14.9 Å². The first kappa shape index (κ1) is 12.8. The van der Waals surface area contributed by atoms with Gasteiger partial charge in [-0.05, 0) is 6.92 Å². The molecule has 19 heavy (non-hydrogen) atoms. The van der Waals surface area contributed by atoms with Crippen molar-refractivity contribution in [1.29, 1.82) is 0 Å². The third kappa shape index (κ3) is 2.98. The Hall–Kier alpha value is -2.63. The van der Waals surface area contributed by atoms with E-state index in [1.807, 2.05) is 19.1 Å². The second-order valence-electron chi connectivity index (χ2n) is 3.94. The molecule has 0 spiro atoms. The van der Waals surface area contributed by atoms with E-state index in [1.165, 1.54) is 0 Å². The number of aryl methyl sites for hydroxylation is 1. The molecule has 0 aliphatic rings. The first-order valence-corrected chi connectivity index (χ1v) is 5.54. The Morgan fingerprint density at radius 3 is 2.63 bits per heavy atom. The molecule has 0 bridgehead atoms. The SMILES string of the molecule is Cc1ccc(-c2ocnc2C(=O)OCC(N)=O)cc1. The Morgan fingerprint density at radius 2 is 2.00 bits per heavy atom. The van der Waals surface area contributed by atoms with Gasteiger partial charge in [0.05, 0.1) is 0 Å². The summed E-state index contributed by atoms with van der Waals surface area (Å²) in [5, 5.41) is 0. The molecule has 1 aromatic heterocycles. The fraction of sp³-hybridized carbons (Fsp3) is 0.154. The Labute approximate surface area is 109 Å². The highest BCUT2D eigenvalue weighted by molar-refractivity contribution is 5.94. The van der Waals surface area contributed by atoms with Gasteiger partial charge in [0.15, 0.2) is 24.5 Å². The molecular weight excluding hydrogens is 248 g/mol. The van der Waals surface area contributed by atoms with Crippen molar-refractivity contribution in [2.24, 2.45) is 5.73 Å². The van der Waals surface area contributed by atoms with Crippen LogP contribution in [-0.2, 0) is 9.53 Å². The van der Waals surface area contributed by atoms with Crippen LogP contribution in [0.3, 0.4) is 0 Å². The standard InChI is InChI=1S/C13H12N2O4/c1-8-2-4-9(5-3-8)12-11(15-7-19-12)13(17)18-6-10(14)16/h2-5,7H,6H2,1H3,(H2,14,16). The lowest BCUT2D eigenvalue weighted by molar-refractivity contribution is -0.121. The van der Waals surface area contributed by atoms with Gasteiger partial charge < -0.3 is 14.9 Å². The van der Waals surface area contributed by atoms with Crippen LogP contribution in [0.4, 0.5) is 0 Å². The summed E-state index contributed by atoms with van der Waals surface area (Å²) in [4.78, 5) is 26.1. The van der Waals surface area contributed by atoms with E-state index in [1.54, 1.807) is 12.1 Å². The molecule has 0 unspecified atom stereocenters. The summed E-state index contributed by atoms with van der Waals surface area (Å²) in [6, 6.07) is 7.38. The van der Waals surface area contributed by atoms with Gasteiger partial charge in [-0.2, -0.15) is 0 Å². The van der Waals surface area contributed by atoms with Crippen LogP contribution in [0.5, 0.6) is 0 Å². The molecule has 0 saturated carbocycles. The van der Waals surface area contributed by atoms with Crippen molar-refractivity contribution in [2.45, 2.75) is 6.92 Å². The quantitative estimate of drug-likeness (QED) is 0.836. The van der Waals surface area contributed by atoms with E-state index < -0.39 is 18.5 Å². The molecule has 6 nitrogen and oxygen atoms in total.